The second kappa shape index (κ2) is 6.77. The molecular weight excluding hydrogens is 278 g/mol. The smallest absolute Gasteiger partial charge is 0.182 e. The van der Waals surface area contributed by atoms with Gasteiger partial charge in [0.05, 0.1) is 12.8 Å². The average molecular weight is 308 g/mol. The number of hydrogen-bond acceptors (Lipinski definition) is 4. The second-order valence-corrected chi connectivity index (χ2v) is 12.7. The Balaban J connectivity index is 2.01. The van der Waals surface area contributed by atoms with Gasteiger partial charge < -0.3 is 10.1 Å². The van der Waals surface area contributed by atoms with Gasteiger partial charge in [-0.05, 0) is 24.8 Å². The lowest BCUT2D eigenvalue weighted by molar-refractivity contribution is 0.403. The van der Waals surface area contributed by atoms with Crippen LogP contribution in [0.1, 0.15) is 38.3 Å². The van der Waals surface area contributed by atoms with E-state index in [1.165, 1.54) is 25.7 Å². The second-order valence-electron chi connectivity index (χ2n) is 7.11. The van der Waals surface area contributed by atoms with E-state index >= 15 is 0 Å². The molecular formula is C16H29N3OSi. The van der Waals surface area contributed by atoms with Gasteiger partial charge in [-0.25, -0.2) is 9.97 Å². The van der Waals surface area contributed by atoms with Crippen LogP contribution in [0.25, 0.3) is 0 Å². The Bertz CT molecular complexity index is 465. The highest BCUT2D eigenvalue weighted by atomic mass is 28.3. The lowest BCUT2D eigenvalue weighted by Crippen LogP contribution is -2.34. The Morgan fingerprint density at radius 3 is 2.38 bits per heavy atom. The van der Waals surface area contributed by atoms with Crippen molar-refractivity contribution in [2.24, 2.45) is 0 Å². The van der Waals surface area contributed by atoms with Crippen LogP contribution in [0.4, 0.5) is 5.82 Å². The summed E-state index contributed by atoms with van der Waals surface area (Å²) in [6.45, 7) is 9.57. The molecule has 21 heavy (non-hydrogen) atoms. The zero-order chi connectivity index (χ0) is 15.5. The fourth-order valence-corrected chi connectivity index (χ4v) is 5.34. The van der Waals surface area contributed by atoms with Crippen LogP contribution in [0, 0.1) is 0 Å². The lowest BCUT2D eigenvalue weighted by atomic mass is 9.95. The zero-order valence-electron chi connectivity index (χ0n) is 14.1. The summed E-state index contributed by atoms with van der Waals surface area (Å²) in [6.07, 6.45) is 7.68. The van der Waals surface area contributed by atoms with Crippen molar-refractivity contribution in [2.75, 3.05) is 12.4 Å². The molecule has 1 saturated carbocycles. The standard InChI is InChI=1S/C16H29N3OSi/c1-6-14-15(20-2)16(18-11-17-14)19-12-7-9-13(10-8-12)21(3,4)5/h11-13H,6-10H2,1-5H3,(H,17,18,19)/t12-,13+. The van der Waals surface area contributed by atoms with Crippen molar-refractivity contribution in [1.82, 2.24) is 9.97 Å². The van der Waals surface area contributed by atoms with Gasteiger partial charge in [0, 0.05) is 14.1 Å². The van der Waals surface area contributed by atoms with Crippen LogP contribution in [0.3, 0.4) is 0 Å². The fourth-order valence-electron chi connectivity index (χ4n) is 3.28. The van der Waals surface area contributed by atoms with Crippen molar-refractivity contribution in [3.05, 3.63) is 12.0 Å². The molecule has 1 aliphatic carbocycles. The normalized spacial score (nSPS) is 22.9. The highest BCUT2D eigenvalue weighted by molar-refractivity contribution is 6.77. The first-order valence-corrected chi connectivity index (χ1v) is 11.7. The zero-order valence-corrected chi connectivity index (χ0v) is 15.1. The molecule has 0 aromatic carbocycles. The number of methoxy groups -OCH3 is 1. The fraction of sp³-hybridized carbons (Fsp3) is 0.750. The van der Waals surface area contributed by atoms with E-state index in [1.54, 1.807) is 13.4 Å². The van der Waals surface area contributed by atoms with E-state index < -0.39 is 8.07 Å². The molecule has 118 valence electrons. The predicted molar refractivity (Wildman–Crippen MR) is 90.9 cm³/mol. The van der Waals surface area contributed by atoms with E-state index in [0.717, 1.165) is 29.2 Å². The Labute approximate surface area is 129 Å². The first-order valence-electron chi connectivity index (χ1n) is 8.10. The molecule has 0 bridgehead atoms. The average Bonchev–Trinajstić information content (AvgIpc) is 2.46. The van der Waals surface area contributed by atoms with Gasteiger partial charge in [-0.15, -0.1) is 0 Å². The van der Waals surface area contributed by atoms with Crippen LogP contribution < -0.4 is 10.1 Å². The number of nitrogens with one attached hydrogen (secondary N) is 1. The van der Waals surface area contributed by atoms with Crippen molar-refractivity contribution < 1.29 is 4.74 Å². The topological polar surface area (TPSA) is 47.0 Å². The van der Waals surface area contributed by atoms with Crippen LogP contribution in [-0.2, 0) is 6.42 Å². The Morgan fingerprint density at radius 1 is 1.19 bits per heavy atom. The van der Waals surface area contributed by atoms with Gasteiger partial charge in [0.1, 0.15) is 6.33 Å². The molecule has 0 atom stereocenters. The van der Waals surface area contributed by atoms with Gasteiger partial charge in [0.25, 0.3) is 0 Å². The van der Waals surface area contributed by atoms with Crippen molar-refractivity contribution in [1.29, 1.82) is 0 Å². The summed E-state index contributed by atoms with van der Waals surface area (Å²) in [6, 6.07) is 0.520. The van der Waals surface area contributed by atoms with Gasteiger partial charge in [-0.1, -0.05) is 39.4 Å². The summed E-state index contributed by atoms with van der Waals surface area (Å²) in [7, 11) is 0.711. The van der Waals surface area contributed by atoms with E-state index in [4.69, 9.17) is 4.74 Å². The van der Waals surface area contributed by atoms with Gasteiger partial charge in [-0.2, -0.15) is 0 Å². The number of aromatic nitrogens is 2. The number of hydrogen-bond donors (Lipinski definition) is 1. The van der Waals surface area contributed by atoms with Gasteiger partial charge in [-0.3, -0.25) is 0 Å². The quantitative estimate of drug-likeness (QED) is 0.832. The SMILES string of the molecule is CCc1ncnc(N[C@H]2CC[C@@H]([Si](C)(C)C)CC2)c1OC. The summed E-state index contributed by atoms with van der Waals surface area (Å²) in [5, 5.41) is 3.59. The van der Waals surface area contributed by atoms with Gasteiger partial charge in [0.15, 0.2) is 11.6 Å². The summed E-state index contributed by atoms with van der Waals surface area (Å²) in [5.74, 6) is 1.67. The van der Waals surface area contributed by atoms with Crippen LogP contribution in [-0.4, -0.2) is 31.2 Å². The van der Waals surface area contributed by atoms with E-state index in [2.05, 4.69) is 41.8 Å². The van der Waals surface area contributed by atoms with Crippen LogP contribution in [0.5, 0.6) is 5.75 Å². The molecule has 1 aliphatic rings. The maximum atomic E-state index is 5.50. The van der Waals surface area contributed by atoms with E-state index in [-0.39, 0.29) is 0 Å². The Hall–Kier alpha value is -1.10. The number of nitrogens with zero attached hydrogens (tertiary/aromatic N) is 2. The molecule has 0 radical (unpaired) electrons. The molecule has 1 fully saturated rings. The molecule has 5 heteroatoms. The minimum absolute atomic E-state index is 0.520. The number of ether oxygens (including phenoxy) is 1. The molecule has 0 amide bonds. The molecule has 4 nitrogen and oxygen atoms in total. The van der Waals surface area contributed by atoms with E-state index in [0.29, 0.717) is 6.04 Å². The molecule has 1 heterocycles. The Kier molecular flexibility index (Phi) is 5.25. The summed E-state index contributed by atoms with van der Waals surface area (Å²) in [5.41, 5.74) is 1.94. The molecule has 0 spiro atoms. The monoisotopic (exact) mass is 307 g/mol. The summed E-state index contributed by atoms with van der Waals surface area (Å²) in [4.78, 5) is 8.68. The molecule has 2 rings (SSSR count). The maximum absolute atomic E-state index is 5.50. The third-order valence-corrected chi connectivity index (χ3v) is 7.74. The van der Waals surface area contributed by atoms with Gasteiger partial charge >= 0.3 is 0 Å². The summed E-state index contributed by atoms with van der Waals surface area (Å²) >= 11 is 0. The van der Waals surface area contributed by atoms with Crippen LogP contribution in [0.2, 0.25) is 25.2 Å². The van der Waals surface area contributed by atoms with Crippen LogP contribution >= 0.6 is 0 Å². The first-order chi connectivity index (χ1) is 9.95. The van der Waals surface area contributed by atoms with E-state index in [1.807, 2.05) is 0 Å². The predicted octanol–water partition coefficient (Wildman–Crippen LogP) is 4.11. The number of anilines is 1. The highest BCUT2D eigenvalue weighted by Gasteiger charge is 2.31. The van der Waals surface area contributed by atoms with Crippen molar-refractivity contribution in [3.8, 4) is 5.75 Å². The third-order valence-electron chi connectivity index (χ3n) is 4.71. The summed E-state index contributed by atoms with van der Waals surface area (Å²) < 4.78 is 5.50. The first kappa shape index (κ1) is 16.3. The Morgan fingerprint density at radius 2 is 1.86 bits per heavy atom. The van der Waals surface area contributed by atoms with Crippen molar-refractivity contribution in [3.63, 3.8) is 0 Å². The number of aryl methyl sites for hydroxylation is 1. The molecule has 0 aliphatic heterocycles. The molecule has 0 unspecified atom stereocenters. The molecule has 1 N–H and O–H groups in total. The third kappa shape index (κ3) is 3.96. The van der Waals surface area contributed by atoms with Crippen molar-refractivity contribution in [2.45, 2.75) is 70.3 Å². The molecule has 1 aromatic heterocycles. The minimum Gasteiger partial charge on any atom is -0.491 e. The molecule has 0 saturated heterocycles. The number of rotatable bonds is 5. The van der Waals surface area contributed by atoms with Crippen molar-refractivity contribution >= 4 is 13.9 Å². The van der Waals surface area contributed by atoms with Gasteiger partial charge in [0.2, 0.25) is 0 Å². The lowest BCUT2D eigenvalue weighted by Gasteiger charge is -2.36. The van der Waals surface area contributed by atoms with E-state index in [9.17, 15) is 0 Å². The highest BCUT2D eigenvalue weighted by Crippen LogP contribution is 2.38. The largest absolute Gasteiger partial charge is 0.491 e. The van der Waals surface area contributed by atoms with Crippen LogP contribution in [0.15, 0.2) is 6.33 Å². The minimum atomic E-state index is -0.989. The molecule has 1 aromatic rings. The maximum Gasteiger partial charge on any atom is 0.182 e.